The van der Waals surface area contributed by atoms with Crippen molar-refractivity contribution in [2.75, 3.05) is 7.11 Å². The maximum Gasteiger partial charge on any atom is 0.416 e. The second-order valence-electron chi connectivity index (χ2n) is 4.16. The van der Waals surface area contributed by atoms with Gasteiger partial charge in [0.25, 0.3) is 0 Å². The van der Waals surface area contributed by atoms with Gasteiger partial charge in [0.05, 0.1) is 12.7 Å². The summed E-state index contributed by atoms with van der Waals surface area (Å²) in [5.74, 6) is -3.75. The maximum absolute atomic E-state index is 13.7. The third-order valence-corrected chi connectivity index (χ3v) is 3.16. The Morgan fingerprint density at radius 3 is 2.05 bits per heavy atom. The molecule has 118 valence electrons. The number of benzene rings is 2. The summed E-state index contributed by atoms with van der Waals surface area (Å²) in [7, 11) is 1.32. The van der Waals surface area contributed by atoms with Crippen molar-refractivity contribution in [3.05, 3.63) is 52.0 Å². The van der Waals surface area contributed by atoms with Crippen LogP contribution in [0, 0.1) is 11.6 Å². The summed E-state index contributed by atoms with van der Waals surface area (Å²) in [6, 6.07) is 4.78. The van der Waals surface area contributed by atoms with Crippen molar-refractivity contribution in [1.29, 1.82) is 0 Å². The molecule has 2 aromatic rings. The second kappa shape index (κ2) is 6.12. The van der Waals surface area contributed by atoms with Crippen LogP contribution in [0.3, 0.4) is 0 Å². The van der Waals surface area contributed by atoms with E-state index in [0.29, 0.717) is 4.47 Å². The highest BCUT2D eigenvalue weighted by molar-refractivity contribution is 9.10. The molecule has 2 aromatic carbocycles. The summed E-state index contributed by atoms with van der Waals surface area (Å²) in [4.78, 5) is 0. The molecule has 22 heavy (non-hydrogen) atoms. The highest BCUT2D eigenvalue weighted by atomic mass is 79.9. The van der Waals surface area contributed by atoms with E-state index in [4.69, 9.17) is 9.47 Å². The number of alkyl halides is 3. The van der Waals surface area contributed by atoms with Gasteiger partial charge in [0.1, 0.15) is 0 Å². The van der Waals surface area contributed by atoms with E-state index in [0.717, 1.165) is 0 Å². The first kappa shape index (κ1) is 16.5. The molecule has 0 unspecified atom stereocenters. The monoisotopic (exact) mass is 382 g/mol. The van der Waals surface area contributed by atoms with Gasteiger partial charge < -0.3 is 9.47 Å². The molecule has 0 heterocycles. The number of methoxy groups -OCH3 is 1. The van der Waals surface area contributed by atoms with Crippen molar-refractivity contribution >= 4 is 15.9 Å². The van der Waals surface area contributed by atoms with Crippen LogP contribution in [0.2, 0.25) is 0 Å². The largest absolute Gasteiger partial charge is 0.493 e. The molecular formula is C14H8BrF5O2. The van der Waals surface area contributed by atoms with Crippen LogP contribution >= 0.6 is 15.9 Å². The highest BCUT2D eigenvalue weighted by Crippen LogP contribution is 2.38. The van der Waals surface area contributed by atoms with Crippen LogP contribution in [0.5, 0.6) is 17.2 Å². The average molecular weight is 383 g/mol. The van der Waals surface area contributed by atoms with Crippen LogP contribution in [0.4, 0.5) is 22.0 Å². The molecule has 0 saturated carbocycles. The van der Waals surface area contributed by atoms with E-state index < -0.39 is 29.1 Å². The Morgan fingerprint density at radius 2 is 1.55 bits per heavy atom. The minimum absolute atomic E-state index is 0.0468. The van der Waals surface area contributed by atoms with Gasteiger partial charge in [-0.05, 0) is 30.3 Å². The molecule has 0 saturated heterocycles. The lowest BCUT2D eigenvalue weighted by Crippen LogP contribution is -2.07. The molecule has 8 heteroatoms. The SMILES string of the molecule is COc1ccc(Br)cc1Oc1c(F)cc(C(F)(F)F)cc1F. The van der Waals surface area contributed by atoms with Crippen molar-refractivity contribution in [2.24, 2.45) is 0 Å². The van der Waals surface area contributed by atoms with E-state index in [1.165, 1.54) is 19.2 Å². The fourth-order valence-electron chi connectivity index (χ4n) is 1.66. The van der Waals surface area contributed by atoms with Crippen LogP contribution in [0.1, 0.15) is 5.56 Å². The van der Waals surface area contributed by atoms with E-state index >= 15 is 0 Å². The van der Waals surface area contributed by atoms with E-state index in [2.05, 4.69) is 15.9 Å². The van der Waals surface area contributed by atoms with Crippen molar-refractivity contribution < 1.29 is 31.4 Å². The summed E-state index contributed by atoms with van der Waals surface area (Å²) < 4.78 is 75.5. The standard InChI is InChI=1S/C14H8BrF5O2/c1-21-11-3-2-8(15)6-12(11)22-13-9(16)4-7(5-10(13)17)14(18,19)20/h2-6H,1H3. The highest BCUT2D eigenvalue weighted by Gasteiger charge is 2.33. The van der Waals surface area contributed by atoms with Gasteiger partial charge in [-0.1, -0.05) is 15.9 Å². The number of halogens is 6. The molecule has 0 aliphatic carbocycles. The number of ether oxygens (including phenoxy) is 2. The van der Waals surface area contributed by atoms with E-state index in [1.54, 1.807) is 6.07 Å². The quantitative estimate of drug-likeness (QED) is 0.648. The zero-order valence-electron chi connectivity index (χ0n) is 11.0. The minimum atomic E-state index is -4.85. The Morgan fingerprint density at radius 1 is 0.955 bits per heavy atom. The normalized spacial score (nSPS) is 11.4. The lowest BCUT2D eigenvalue weighted by molar-refractivity contribution is -0.138. The molecule has 2 nitrogen and oxygen atoms in total. The summed E-state index contributed by atoms with van der Waals surface area (Å²) in [6.07, 6.45) is -4.85. The van der Waals surface area contributed by atoms with E-state index in [1.807, 2.05) is 0 Å². The van der Waals surface area contributed by atoms with Crippen LogP contribution < -0.4 is 9.47 Å². The number of hydrogen-bond acceptors (Lipinski definition) is 2. The Balaban J connectivity index is 2.45. The Bertz CT molecular complexity index is 677. The number of rotatable bonds is 3. The molecule has 0 fully saturated rings. The Hall–Kier alpha value is -1.83. The zero-order chi connectivity index (χ0) is 16.5. The van der Waals surface area contributed by atoms with Crippen LogP contribution in [-0.4, -0.2) is 7.11 Å². The second-order valence-corrected chi connectivity index (χ2v) is 5.08. The van der Waals surface area contributed by atoms with Crippen molar-refractivity contribution in [3.63, 3.8) is 0 Å². The third-order valence-electron chi connectivity index (χ3n) is 2.66. The van der Waals surface area contributed by atoms with Gasteiger partial charge in [-0.15, -0.1) is 0 Å². The van der Waals surface area contributed by atoms with Crippen molar-refractivity contribution in [1.82, 2.24) is 0 Å². The van der Waals surface area contributed by atoms with Gasteiger partial charge in [0, 0.05) is 4.47 Å². The predicted molar refractivity (Wildman–Crippen MR) is 72.1 cm³/mol. The lowest BCUT2D eigenvalue weighted by Gasteiger charge is -2.13. The maximum atomic E-state index is 13.7. The molecule has 0 atom stereocenters. The van der Waals surface area contributed by atoms with Gasteiger partial charge >= 0.3 is 6.18 Å². The summed E-state index contributed by atoms with van der Waals surface area (Å²) >= 11 is 3.14. The number of hydrogen-bond donors (Lipinski definition) is 0. The smallest absolute Gasteiger partial charge is 0.416 e. The van der Waals surface area contributed by atoms with Crippen LogP contribution in [-0.2, 0) is 6.18 Å². The van der Waals surface area contributed by atoms with Gasteiger partial charge in [-0.3, -0.25) is 0 Å². The van der Waals surface area contributed by atoms with Crippen molar-refractivity contribution in [3.8, 4) is 17.2 Å². The average Bonchev–Trinajstić information content (AvgIpc) is 2.41. The summed E-state index contributed by atoms with van der Waals surface area (Å²) in [5, 5.41) is 0. The van der Waals surface area contributed by atoms with Crippen LogP contribution in [0.25, 0.3) is 0 Å². The lowest BCUT2D eigenvalue weighted by atomic mass is 10.2. The molecule has 0 radical (unpaired) electrons. The minimum Gasteiger partial charge on any atom is -0.493 e. The van der Waals surface area contributed by atoms with Crippen molar-refractivity contribution in [2.45, 2.75) is 6.18 Å². The van der Waals surface area contributed by atoms with Gasteiger partial charge in [0.15, 0.2) is 28.9 Å². The fourth-order valence-corrected chi connectivity index (χ4v) is 2.00. The Kier molecular flexibility index (Phi) is 4.60. The molecule has 0 amide bonds. The first-order valence-corrected chi connectivity index (χ1v) is 6.59. The van der Waals surface area contributed by atoms with E-state index in [9.17, 15) is 22.0 Å². The molecular weight excluding hydrogens is 375 g/mol. The molecule has 0 aliphatic rings. The summed E-state index contributed by atoms with van der Waals surface area (Å²) in [6.45, 7) is 0. The zero-order valence-corrected chi connectivity index (χ0v) is 12.6. The van der Waals surface area contributed by atoms with E-state index in [-0.39, 0.29) is 23.6 Å². The molecule has 0 bridgehead atoms. The predicted octanol–water partition coefficient (Wildman–Crippen LogP) is 5.55. The van der Waals surface area contributed by atoms with Gasteiger partial charge in [-0.2, -0.15) is 13.2 Å². The molecule has 2 rings (SSSR count). The Labute approximate surface area is 130 Å². The summed E-state index contributed by atoms with van der Waals surface area (Å²) in [5.41, 5.74) is -1.43. The first-order chi connectivity index (χ1) is 10.2. The van der Waals surface area contributed by atoms with Gasteiger partial charge in [-0.25, -0.2) is 8.78 Å². The van der Waals surface area contributed by atoms with Crippen LogP contribution in [0.15, 0.2) is 34.8 Å². The topological polar surface area (TPSA) is 18.5 Å². The fraction of sp³-hybridized carbons (Fsp3) is 0.143. The molecule has 0 aromatic heterocycles. The third kappa shape index (κ3) is 3.49. The molecule has 0 aliphatic heterocycles. The molecule has 0 spiro atoms. The molecule has 0 N–H and O–H groups in total. The first-order valence-electron chi connectivity index (χ1n) is 5.80. The van der Waals surface area contributed by atoms with Gasteiger partial charge in [0.2, 0.25) is 0 Å².